The number of rotatable bonds is 2. The van der Waals surface area contributed by atoms with E-state index in [2.05, 4.69) is 53.5 Å². The van der Waals surface area contributed by atoms with E-state index < -0.39 is 0 Å². The Balaban J connectivity index is 1.91. The van der Waals surface area contributed by atoms with E-state index in [9.17, 15) is 0 Å². The summed E-state index contributed by atoms with van der Waals surface area (Å²) in [7, 11) is 0. The lowest BCUT2D eigenvalue weighted by Crippen LogP contribution is -2.44. The molecular weight excluding hydrogens is 284 g/mol. The van der Waals surface area contributed by atoms with Gasteiger partial charge in [-0.15, -0.1) is 0 Å². The van der Waals surface area contributed by atoms with Crippen LogP contribution in [-0.2, 0) is 0 Å². The number of aryl methyl sites for hydroxylation is 1. The van der Waals surface area contributed by atoms with Crippen molar-refractivity contribution in [2.24, 2.45) is 0 Å². The molecule has 1 aromatic heterocycles. The lowest BCUT2D eigenvalue weighted by atomic mass is 10.1. The summed E-state index contributed by atoms with van der Waals surface area (Å²) in [5, 5.41) is 4.53. The second-order valence-corrected chi connectivity index (χ2v) is 5.94. The van der Waals surface area contributed by atoms with Crippen LogP contribution in [0.3, 0.4) is 0 Å². The number of hydrogen-bond donors (Lipinski definition) is 1. The molecule has 0 radical (unpaired) electrons. The molecule has 0 bridgehead atoms. The molecule has 2 aromatic carbocycles. The van der Waals surface area contributed by atoms with Crippen LogP contribution in [0.2, 0.25) is 0 Å². The van der Waals surface area contributed by atoms with E-state index >= 15 is 0 Å². The van der Waals surface area contributed by atoms with Crippen molar-refractivity contribution in [2.75, 3.05) is 31.1 Å². The van der Waals surface area contributed by atoms with Gasteiger partial charge in [0.25, 0.3) is 0 Å². The van der Waals surface area contributed by atoms with Crippen molar-refractivity contribution in [1.82, 2.24) is 15.3 Å². The number of fused-ring (bicyclic) bond motifs is 1. The van der Waals surface area contributed by atoms with Gasteiger partial charge in [-0.2, -0.15) is 0 Å². The van der Waals surface area contributed by atoms with Gasteiger partial charge in [-0.1, -0.05) is 36.4 Å². The SMILES string of the molecule is Cc1ccccc1-c1nc(N2CCNCC2)c2ccccc2n1. The first-order chi connectivity index (χ1) is 11.3. The number of aromatic nitrogens is 2. The molecule has 0 amide bonds. The van der Waals surface area contributed by atoms with Crippen molar-refractivity contribution in [3.05, 3.63) is 54.1 Å². The van der Waals surface area contributed by atoms with E-state index in [4.69, 9.17) is 9.97 Å². The molecule has 0 spiro atoms. The van der Waals surface area contributed by atoms with Crippen LogP contribution in [0.4, 0.5) is 5.82 Å². The zero-order valence-electron chi connectivity index (χ0n) is 13.3. The Bertz CT molecular complexity index is 838. The highest BCUT2D eigenvalue weighted by Gasteiger charge is 2.17. The highest BCUT2D eigenvalue weighted by atomic mass is 15.2. The summed E-state index contributed by atoms with van der Waals surface area (Å²) in [5.74, 6) is 1.87. The van der Waals surface area contributed by atoms with Crippen molar-refractivity contribution in [2.45, 2.75) is 6.92 Å². The van der Waals surface area contributed by atoms with Gasteiger partial charge in [-0.25, -0.2) is 9.97 Å². The fraction of sp³-hybridized carbons (Fsp3) is 0.263. The standard InChI is InChI=1S/C19H20N4/c1-14-6-2-3-7-15(14)18-21-17-9-5-4-8-16(17)19(22-18)23-12-10-20-11-13-23/h2-9,20H,10-13H2,1H3. The molecule has 4 nitrogen and oxygen atoms in total. The number of hydrogen-bond acceptors (Lipinski definition) is 4. The smallest absolute Gasteiger partial charge is 0.162 e. The van der Waals surface area contributed by atoms with Gasteiger partial charge in [0, 0.05) is 37.1 Å². The van der Waals surface area contributed by atoms with Crippen molar-refractivity contribution in [3.63, 3.8) is 0 Å². The average molecular weight is 304 g/mol. The van der Waals surface area contributed by atoms with Gasteiger partial charge in [0.15, 0.2) is 5.82 Å². The molecule has 0 aliphatic carbocycles. The third-order valence-corrected chi connectivity index (χ3v) is 4.39. The van der Waals surface area contributed by atoms with Gasteiger partial charge in [0.2, 0.25) is 0 Å². The van der Waals surface area contributed by atoms with Gasteiger partial charge in [0.1, 0.15) is 5.82 Å². The number of nitrogens with one attached hydrogen (secondary N) is 1. The first-order valence-electron chi connectivity index (χ1n) is 8.11. The predicted molar refractivity (Wildman–Crippen MR) is 94.8 cm³/mol. The molecule has 1 fully saturated rings. The van der Waals surface area contributed by atoms with Crippen LogP contribution in [0.1, 0.15) is 5.56 Å². The monoisotopic (exact) mass is 304 g/mol. The fourth-order valence-electron chi connectivity index (χ4n) is 3.12. The Morgan fingerprint density at radius 1 is 0.913 bits per heavy atom. The summed E-state index contributed by atoms with van der Waals surface area (Å²) in [6, 6.07) is 16.6. The first-order valence-corrected chi connectivity index (χ1v) is 8.11. The summed E-state index contributed by atoms with van der Waals surface area (Å²) in [6.07, 6.45) is 0. The summed E-state index contributed by atoms with van der Waals surface area (Å²) < 4.78 is 0. The summed E-state index contributed by atoms with van der Waals surface area (Å²) >= 11 is 0. The maximum Gasteiger partial charge on any atom is 0.162 e. The van der Waals surface area contributed by atoms with Gasteiger partial charge >= 0.3 is 0 Å². The molecule has 1 N–H and O–H groups in total. The molecule has 0 saturated carbocycles. The summed E-state index contributed by atoms with van der Waals surface area (Å²) in [4.78, 5) is 12.1. The molecule has 3 aromatic rings. The molecule has 1 saturated heterocycles. The molecule has 23 heavy (non-hydrogen) atoms. The third-order valence-electron chi connectivity index (χ3n) is 4.39. The van der Waals surface area contributed by atoms with Crippen molar-refractivity contribution in [1.29, 1.82) is 0 Å². The Hall–Kier alpha value is -2.46. The fourth-order valence-corrected chi connectivity index (χ4v) is 3.12. The van der Waals surface area contributed by atoms with E-state index in [0.717, 1.165) is 54.3 Å². The topological polar surface area (TPSA) is 41.1 Å². The Morgan fingerprint density at radius 2 is 1.65 bits per heavy atom. The lowest BCUT2D eigenvalue weighted by Gasteiger charge is -2.29. The van der Waals surface area contributed by atoms with Crippen LogP contribution >= 0.6 is 0 Å². The maximum atomic E-state index is 4.94. The number of anilines is 1. The molecule has 4 heteroatoms. The van der Waals surface area contributed by atoms with Crippen LogP contribution in [0.15, 0.2) is 48.5 Å². The Kier molecular flexibility index (Phi) is 3.67. The lowest BCUT2D eigenvalue weighted by molar-refractivity contribution is 0.586. The van der Waals surface area contributed by atoms with Gasteiger partial charge in [-0.3, -0.25) is 0 Å². The van der Waals surface area contributed by atoms with E-state index in [0.29, 0.717) is 0 Å². The van der Waals surface area contributed by atoms with Crippen molar-refractivity contribution in [3.8, 4) is 11.4 Å². The van der Waals surface area contributed by atoms with Crippen LogP contribution < -0.4 is 10.2 Å². The molecule has 4 rings (SSSR count). The molecule has 116 valence electrons. The normalized spacial score (nSPS) is 15.1. The number of benzene rings is 2. The minimum Gasteiger partial charge on any atom is -0.353 e. The van der Waals surface area contributed by atoms with Crippen LogP contribution in [0, 0.1) is 6.92 Å². The quantitative estimate of drug-likeness (QED) is 0.790. The molecule has 1 aliphatic heterocycles. The Morgan fingerprint density at radius 3 is 2.48 bits per heavy atom. The van der Waals surface area contributed by atoms with Gasteiger partial charge in [0.05, 0.1) is 5.52 Å². The molecule has 2 heterocycles. The highest BCUT2D eigenvalue weighted by molar-refractivity contribution is 5.91. The van der Waals surface area contributed by atoms with Crippen LogP contribution in [-0.4, -0.2) is 36.1 Å². The molecule has 0 atom stereocenters. The average Bonchev–Trinajstić information content (AvgIpc) is 2.62. The minimum atomic E-state index is 0.815. The van der Waals surface area contributed by atoms with E-state index in [1.54, 1.807) is 0 Å². The second kappa shape index (κ2) is 5.97. The minimum absolute atomic E-state index is 0.815. The van der Waals surface area contributed by atoms with Crippen molar-refractivity contribution < 1.29 is 0 Å². The van der Waals surface area contributed by atoms with Crippen molar-refractivity contribution >= 4 is 16.7 Å². The van der Waals surface area contributed by atoms with E-state index in [1.165, 1.54) is 5.56 Å². The highest BCUT2D eigenvalue weighted by Crippen LogP contribution is 2.28. The van der Waals surface area contributed by atoms with Gasteiger partial charge in [-0.05, 0) is 24.6 Å². The Labute approximate surface area is 136 Å². The zero-order chi connectivity index (χ0) is 15.6. The second-order valence-electron chi connectivity index (χ2n) is 5.94. The number of para-hydroxylation sites is 1. The first kappa shape index (κ1) is 14.2. The summed E-state index contributed by atoms with van der Waals surface area (Å²) in [5.41, 5.74) is 3.32. The molecular formula is C19H20N4. The van der Waals surface area contributed by atoms with E-state index in [1.807, 2.05) is 12.1 Å². The maximum absolute atomic E-state index is 4.94. The molecule has 0 unspecified atom stereocenters. The van der Waals surface area contributed by atoms with Crippen LogP contribution in [0.25, 0.3) is 22.3 Å². The van der Waals surface area contributed by atoms with E-state index in [-0.39, 0.29) is 0 Å². The number of piperazine rings is 1. The summed E-state index contributed by atoms with van der Waals surface area (Å²) in [6.45, 7) is 6.07. The largest absolute Gasteiger partial charge is 0.353 e. The van der Waals surface area contributed by atoms with Gasteiger partial charge < -0.3 is 10.2 Å². The zero-order valence-corrected chi connectivity index (χ0v) is 13.3. The third kappa shape index (κ3) is 2.66. The molecule has 1 aliphatic rings. The predicted octanol–water partition coefficient (Wildman–Crippen LogP) is 3.01. The van der Waals surface area contributed by atoms with Crippen LogP contribution in [0.5, 0.6) is 0 Å². The number of nitrogens with zero attached hydrogens (tertiary/aromatic N) is 3.